The van der Waals surface area contributed by atoms with Gasteiger partial charge in [-0.1, -0.05) is 36.4 Å². The summed E-state index contributed by atoms with van der Waals surface area (Å²) in [6, 6.07) is 20.7. The predicted molar refractivity (Wildman–Crippen MR) is 55.4 cm³/mol. The van der Waals surface area contributed by atoms with Crippen LogP contribution in [0.5, 0.6) is 0 Å². The van der Waals surface area contributed by atoms with Crippen molar-refractivity contribution in [3.63, 3.8) is 0 Å². The van der Waals surface area contributed by atoms with Crippen LogP contribution in [0.4, 0.5) is 0 Å². The van der Waals surface area contributed by atoms with E-state index in [-0.39, 0.29) is 98.1 Å². The van der Waals surface area contributed by atoms with Crippen molar-refractivity contribution in [2.75, 3.05) is 0 Å². The zero-order valence-electron chi connectivity index (χ0n) is 9.08. The minimum atomic E-state index is 0. The Kier molecular flexibility index (Phi) is 14.6. The summed E-state index contributed by atoms with van der Waals surface area (Å²) in [6.07, 6.45) is 2.17. The van der Waals surface area contributed by atoms with Gasteiger partial charge in [-0.3, -0.25) is 0 Å². The van der Waals surface area contributed by atoms with Gasteiger partial charge in [-0.15, -0.1) is 41.8 Å². The topological polar surface area (TPSA) is 0 Å². The minimum Gasteiger partial charge on any atom is -0.126 e. The molecule has 0 fully saturated rings. The molecule has 0 atom stereocenters. The average Bonchev–Trinajstić information content (AvgIpc) is 2.21. The van der Waals surface area contributed by atoms with Gasteiger partial charge in [-0.05, 0) is 0 Å². The fourth-order valence-electron chi connectivity index (χ4n) is 1.29. The van der Waals surface area contributed by atoms with Crippen LogP contribution in [0, 0.1) is 6.42 Å². The normalized spacial score (nSPS) is 7.75. The quantitative estimate of drug-likeness (QED) is 0.638. The van der Waals surface area contributed by atoms with Crippen molar-refractivity contribution < 1.29 is 98.1 Å². The Morgan fingerprint density at radius 3 is 1.12 bits per heavy atom. The zero-order valence-corrected chi connectivity index (χ0v) is 17.6. The molecule has 0 amide bonds. The molecule has 2 aromatic carbocycles. The van der Waals surface area contributed by atoms with Gasteiger partial charge in [0.1, 0.15) is 0 Å². The van der Waals surface area contributed by atoms with Crippen LogP contribution in [0.15, 0.2) is 60.7 Å². The van der Waals surface area contributed by atoms with Crippen LogP contribution in [0.1, 0.15) is 11.1 Å². The van der Waals surface area contributed by atoms with Gasteiger partial charge in [0.2, 0.25) is 0 Å². The average molecular weight is 434 g/mol. The van der Waals surface area contributed by atoms with Gasteiger partial charge in [0.05, 0.1) is 0 Å². The molecule has 0 saturated carbocycles. The molecule has 0 aliphatic heterocycles. The van der Waals surface area contributed by atoms with Crippen molar-refractivity contribution in [2.24, 2.45) is 0 Å². The molecule has 3 heteroatoms. The van der Waals surface area contributed by atoms with Crippen LogP contribution >= 0.6 is 0 Å². The molecule has 0 N–H and O–H groups in total. The molecule has 0 aliphatic carbocycles. The Morgan fingerprint density at radius 1 is 0.500 bits per heavy atom. The third-order valence-electron chi connectivity index (χ3n) is 1.93. The van der Waals surface area contributed by atoms with Crippen LogP contribution < -0.4 is 0 Å². The van der Waals surface area contributed by atoms with Crippen LogP contribution in [0.25, 0.3) is 0 Å². The van der Waals surface area contributed by atoms with Crippen LogP contribution in [0.2, 0.25) is 0 Å². The van der Waals surface area contributed by atoms with E-state index in [1.165, 1.54) is 11.1 Å². The van der Waals surface area contributed by atoms with Crippen molar-refractivity contribution in [3.8, 4) is 0 Å². The Morgan fingerprint density at radius 2 is 0.812 bits per heavy atom. The van der Waals surface area contributed by atoms with E-state index in [2.05, 4.69) is 55.0 Å². The third kappa shape index (κ3) is 7.14. The second-order valence-electron chi connectivity index (χ2n) is 2.97. The first-order chi connectivity index (χ1) is 6.45. The first-order valence-electron chi connectivity index (χ1n) is 4.40. The van der Waals surface area contributed by atoms with Crippen LogP contribution in [0.3, 0.4) is 0 Å². The molecule has 0 aromatic heterocycles. The zero-order chi connectivity index (χ0) is 8.93. The molecule has 2 aromatic rings. The Hall–Kier alpha value is 1.62. The summed E-state index contributed by atoms with van der Waals surface area (Å²) in [5.74, 6) is 0. The molecule has 0 nitrogen and oxygen atoms in total. The number of hydrogen-bond acceptors (Lipinski definition) is 0. The molecular weight excluding hydrogens is 423 g/mol. The molecule has 0 saturated heterocycles. The van der Waals surface area contributed by atoms with E-state index in [0.29, 0.717) is 0 Å². The second-order valence-corrected chi connectivity index (χ2v) is 2.97. The van der Waals surface area contributed by atoms with E-state index < -0.39 is 0 Å². The summed E-state index contributed by atoms with van der Waals surface area (Å²) in [4.78, 5) is 0. The van der Waals surface area contributed by atoms with Gasteiger partial charge < -0.3 is 0 Å². The fourth-order valence-corrected chi connectivity index (χ4v) is 1.29. The first kappa shape index (κ1) is 19.9. The van der Waals surface area contributed by atoms with Gasteiger partial charge in [0.15, 0.2) is 0 Å². The molecule has 0 aliphatic rings. The van der Waals surface area contributed by atoms with E-state index in [9.17, 15) is 0 Å². The molecule has 0 bridgehead atoms. The van der Waals surface area contributed by atoms with Crippen LogP contribution in [-0.4, -0.2) is 0 Å². The molecule has 0 heterocycles. The summed E-state index contributed by atoms with van der Waals surface area (Å²) in [5, 5.41) is 0. The van der Waals surface area contributed by atoms with Gasteiger partial charge >= 0.3 is 0 Å². The smallest absolute Gasteiger partial charge is 0 e. The Balaban J connectivity index is 0. The number of hydrogen-bond donors (Lipinski definition) is 0. The molecular formula is C13H11Y3-. The largest absolute Gasteiger partial charge is 0.126 e. The van der Waals surface area contributed by atoms with E-state index in [0.717, 1.165) is 0 Å². The van der Waals surface area contributed by atoms with E-state index in [4.69, 9.17) is 0 Å². The summed E-state index contributed by atoms with van der Waals surface area (Å²) in [7, 11) is 0. The van der Waals surface area contributed by atoms with Gasteiger partial charge in [-0.25, -0.2) is 0 Å². The van der Waals surface area contributed by atoms with E-state index in [1.54, 1.807) is 0 Å². The molecule has 3 radical (unpaired) electrons. The fraction of sp³-hybridized carbons (Fsp3) is 0. The summed E-state index contributed by atoms with van der Waals surface area (Å²) < 4.78 is 0. The monoisotopic (exact) mass is 434 g/mol. The SMILES string of the molecule is [Y].[Y].[Y].c1ccc([CH-]c2ccccc2)cc1. The molecule has 0 spiro atoms. The van der Waals surface area contributed by atoms with Gasteiger partial charge in [0.25, 0.3) is 0 Å². The molecule has 0 unspecified atom stereocenters. The second kappa shape index (κ2) is 11.7. The van der Waals surface area contributed by atoms with Gasteiger partial charge in [-0.2, -0.15) is 0 Å². The third-order valence-corrected chi connectivity index (χ3v) is 1.93. The van der Waals surface area contributed by atoms with Crippen LogP contribution in [-0.2, 0) is 98.1 Å². The van der Waals surface area contributed by atoms with Crippen molar-refractivity contribution in [3.05, 3.63) is 78.2 Å². The number of rotatable bonds is 2. The molecule has 2 rings (SSSR count). The standard InChI is InChI=1S/C13H11.3Y/c1-3-7-12(8-4-1)11-13-9-5-2-6-10-13;;;/h1-11H;;;/q-1;;;. The summed E-state index contributed by atoms with van der Waals surface area (Å²) >= 11 is 0. The van der Waals surface area contributed by atoms with Crippen molar-refractivity contribution >= 4 is 0 Å². The van der Waals surface area contributed by atoms with Crippen molar-refractivity contribution in [1.82, 2.24) is 0 Å². The Bertz CT molecular complexity index is 322. The molecule has 73 valence electrons. The Labute approximate surface area is 173 Å². The van der Waals surface area contributed by atoms with Gasteiger partial charge in [0, 0.05) is 98.1 Å². The first-order valence-corrected chi connectivity index (χ1v) is 4.40. The molecule has 16 heavy (non-hydrogen) atoms. The maximum absolute atomic E-state index is 2.17. The minimum absolute atomic E-state index is 0. The van der Waals surface area contributed by atoms with E-state index >= 15 is 0 Å². The number of benzene rings is 2. The van der Waals surface area contributed by atoms with E-state index in [1.807, 2.05) is 12.1 Å². The summed E-state index contributed by atoms with van der Waals surface area (Å²) in [5.41, 5.74) is 2.49. The van der Waals surface area contributed by atoms with Crippen molar-refractivity contribution in [2.45, 2.75) is 0 Å². The summed E-state index contributed by atoms with van der Waals surface area (Å²) in [6.45, 7) is 0. The maximum Gasteiger partial charge on any atom is 0 e. The van der Waals surface area contributed by atoms with Crippen molar-refractivity contribution in [1.29, 1.82) is 0 Å². The predicted octanol–water partition coefficient (Wildman–Crippen LogP) is 3.28. The maximum atomic E-state index is 2.17.